The second kappa shape index (κ2) is 18.3. The van der Waals surface area contributed by atoms with Gasteiger partial charge in [0.05, 0.1) is 25.1 Å². The van der Waals surface area contributed by atoms with E-state index in [0.29, 0.717) is 23.3 Å². The van der Waals surface area contributed by atoms with Crippen molar-refractivity contribution in [1.29, 1.82) is 0 Å². The van der Waals surface area contributed by atoms with Gasteiger partial charge in [0.2, 0.25) is 5.91 Å². The quantitative estimate of drug-likeness (QED) is 0.147. The van der Waals surface area contributed by atoms with Crippen molar-refractivity contribution in [3.05, 3.63) is 63.5 Å². The number of rotatable bonds is 11. The van der Waals surface area contributed by atoms with Crippen molar-refractivity contribution < 1.29 is 28.7 Å². The van der Waals surface area contributed by atoms with Gasteiger partial charge in [-0.25, -0.2) is 4.79 Å². The smallest absolute Gasteiger partial charge is 0.409 e. The topological polar surface area (TPSA) is 161 Å². The van der Waals surface area contributed by atoms with Crippen LogP contribution in [-0.4, -0.2) is 107 Å². The van der Waals surface area contributed by atoms with E-state index >= 15 is 0 Å². The highest BCUT2D eigenvalue weighted by Gasteiger charge is 2.57. The third-order valence-electron chi connectivity index (χ3n) is 12.7. The number of nitrogens with zero attached hydrogens (tertiary/aromatic N) is 6. The van der Waals surface area contributed by atoms with E-state index in [1.165, 1.54) is 24.2 Å². The lowest BCUT2D eigenvalue weighted by atomic mass is 9.45. The first-order valence-electron chi connectivity index (χ1n) is 19.9. The zero-order chi connectivity index (χ0) is 40.9. The second-order valence-electron chi connectivity index (χ2n) is 16.9. The molecule has 2 aromatic carbocycles. The maximum atomic E-state index is 14.6. The predicted octanol–water partition coefficient (Wildman–Crippen LogP) is 6.57. The van der Waals surface area contributed by atoms with Crippen LogP contribution in [0.1, 0.15) is 74.9 Å². The minimum atomic E-state index is -0.840. The molecule has 2 aliphatic heterocycles. The first-order valence-corrected chi connectivity index (χ1v) is 19.9. The van der Waals surface area contributed by atoms with Gasteiger partial charge in [0.1, 0.15) is 12.1 Å². The molecule has 0 aromatic heterocycles. The molecule has 0 unspecified atom stereocenters. The number of amides is 3. The van der Waals surface area contributed by atoms with E-state index in [4.69, 9.17) is 14.3 Å². The Bertz CT molecular complexity index is 1770. The van der Waals surface area contributed by atoms with Crippen LogP contribution < -0.4 is 15.5 Å². The number of carbonyl (C=O) groups is 3. The van der Waals surface area contributed by atoms with Crippen LogP contribution in [0, 0.1) is 36.0 Å². The summed E-state index contributed by atoms with van der Waals surface area (Å²) in [6, 6.07) is 10.9. The summed E-state index contributed by atoms with van der Waals surface area (Å²) in [5.41, 5.74) is 14.6. The van der Waals surface area contributed by atoms with E-state index < -0.39 is 30.3 Å². The van der Waals surface area contributed by atoms with Gasteiger partial charge in [-0.15, -0.1) is 0 Å². The molecular formula is C42H62N8O6. The minimum absolute atomic E-state index is 0.0103. The van der Waals surface area contributed by atoms with Crippen LogP contribution >= 0.6 is 0 Å². The normalized spacial score (nSPS) is 26.7. The molecule has 7 rings (SSSR count). The van der Waals surface area contributed by atoms with E-state index in [-0.39, 0.29) is 36.4 Å². The number of azide groups is 1. The molecular weight excluding hydrogens is 713 g/mol. The molecule has 2 N–H and O–H groups in total. The van der Waals surface area contributed by atoms with Crippen LogP contribution in [0.25, 0.3) is 21.6 Å². The van der Waals surface area contributed by atoms with Crippen LogP contribution in [0.2, 0.25) is 0 Å². The Morgan fingerprint density at radius 1 is 1.11 bits per heavy atom. The second-order valence-corrected chi connectivity index (χ2v) is 16.9. The number of benzene rings is 2. The molecule has 0 radical (unpaired) electrons. The number of carbonyl (C=O) groups excluding carboxylic acids is 3. The lowest BCUT2D eigenvalue weighted by Gasteiger charge is -2.62. The van der Waals surface area contributed by atoms with Gasteiger partial charge >= 0.3 is 6.09 Å². The van der Waals surface area contributed by atoms with Crippen LogP contribution in [0.15, 0.2) is 41.5 Å². The summed E-state index contributed by atoms with van der Waals surface area (Å²) < 4.78 is 10.8. The molecule has 3 aliphatic carbocycles. The third-order valence-corrected chi connectivity index (χ3v) is 12.7. The summed E-state index contributed by atoms with van der Waals surface area (Å²) in [6.07, 6.45) is 2.66. The van der Waals surface area contributed by atoms with Gasteiger partial charge in [0.25, 0.3) is 5.91 Å². The number of nitrogens with one attached hydrogen (secondary N) is 2. The summed E-state index contributed by atoms with van der Waals surface area (Å²) >= 11 is 0. The lowest BCUT2D eigenvalue weighted by Crippen LogP contribution is -2.62. The minimum Gasteiger partial charge on any atom is -0.446 e. The Labute approximate surface area is 332 Å². The van der Waals surface area contributed by atoms with Crippen molar-refractivity contribution in [2.45, 2.75) is 91.1 Å². The lowest BCUT2D eigenvalue weighted by molar-refractivity contribution is -0.175. The van der Waals surface area contributed by atoms with Gasteiger partial charge in [-0.1, -0.05) is 44.1 Å². The Balaban J connectivity index is 0.00000111. The highest BCUT2D eigenvalue weighted by atomic mass is 16.7. The first kappa shape index (κ1) is 42.8. The maximum Gasteiger partial charge on any atom is 0.409 e. The molecule has 2 heterocycles. The van der Waals surface area contributed by atoms with Crippen LogP contribution in [0.4, 0.5) is 10.5 Å². The first-order chi connectivity index (χ1) is 26.6. The monoisotopic (exact) mass is 774 g/mol. The van der Waals surface area contributed by atoms with Crippen molar-refractivity contribution in [3.8, 4) is 11.1 Å². The van der Waals surface area contributed by atoms with E-state index in [1.807, 2.05) is 62.3 Å². The fraction of sp³-hybridized carbons (Fsp3) is 0.643. The van der Waals surface area contributed by atoms with Crippen molar-refractivity contribution in [2.75, 3.05) is 59.9 Å². The summed E-state index contributed by atoms with van der Waals surface area (Å²) in [5.74, 6) is 0.389. The Hall–Kier alpha value is -4.36. The molecule has 0 spiro atoms. The zero-order valence-corrected chi connectivity index (χ0v) is 34.9. The van der Waals surface area contributed by atoms with Crippen molar-refractivity contribution in [1.82, 2.24) is 20.6 Å². The summed E-state index contributed by atoms with van der Waals surface area (Å²) in [6.45, 7) is 12.9. The molecule has 2 saturated heterocycles. The fourth-order valence-corrected chi connectivity index (χ4v) is 9.07. The highest BCUT2D eigenvalue weighted by molar-refractivity contribution is 5.96. The largest absolute Gasteiger partial charge is 0.446 e. The molecule has 5 aliphatic rings. The SMILES string of the molecule is C1CCOC1.CNC(=O)c1cc(-c2cccc(CN3O[C@@H](CN=[N+]=[N-])[C@@H]([C@H](C)OC(=O)N(C)C)[C@H]3C(=O)N[C@H]3C[C@H]4C[C@@H]([C@@H]3C)C4(C)C)c2C)cc(N(C)C)c1. The molecule has 14 nitrogen and oxygen atoms in total. The standard InChI is InChI=1S/C38H54N8O5.C4H8O/c1-21-24(12-11-13-29(21)25-14-26(35(47)40-6)16-28(15-25)44(7)8)20-46-34(36(48)42-31-18-27-17-30(22(31)2)38(27,4)5)33(32(51-46)19-41-43-39)23(3)50-37(49)45(9)10;1-2-4-5-3-1/h11-16,22-23,27,30-34H,17-20H2,1-10H3,(H,40,47)(H,42,48);1-4H2/t22-,23-,27+,30-,31-,32-,33+,34-;/m0./s1. The van der Waals surface area contributed by atoms with E-state index in [9.17, 15) is 19.9 Å². The van der Waals surface area contributed by atoms with E-state index in [2.05, 4.69) is 41.4 Å². The summed E-state index contributed by atoms with van der Waals surface area (Å²) in [5, 5.41) is 11.6. The Morgan fingerprint density at radius 3 is 2.39 bits per heavy atom. The predicted molar refractivity (Wildman–Crippen MR) is 217 cm³/mol. The number of hydroxylamine groups is 2. The molecule has 56 heavy (non-hydrogen) atoms. The number of hydrogen-bond donors (Lipinski definition) is 2. The fourth-order valence-electron chi connectivity index (χ4n) is 9.07. The summed E-state index contributed by atoms with van der Waals surface area (Å²) in [7, 11) is 8.69. The van der Waals surface area contributed by atoms with Gasteiger partial charge in [-0.05, 0) is 109 Å². The molecule has 14 heteroatoms. The molecule has 306 valence electrons. The molecule has 8 atom stereocenters. The number of hydrogen-bond acceptors (Lipinski definition) is 9. The Kier molecular flexibility index (Phi) is 14.0. The van der Waals surface area contributed by atoms with Crippen molar-refractivity contribution in [3.63, 3.8) is 0 Å². The van der Waals surface area contributed by atoms with Crippen molar-refractivity contribution >= 4 is 23.6 Å². The highest BCUT2D eigenvalue weighted by Crippen LogP contribution is 2.61. The van der Waals surface area contributed by atoms with Crippen LogP contribution in [-0.2, 0) is 25.7 Å². The average Bonchev–Trinajstić information content (AvgIpc) is 3.87. The summed E-state index contributed by atoms with van der Waals surface area (Å²) in [4.78, 5) is 52.8. The Morgan fingerprint density at radius 2 is 1.82 bits per heavy atom. The van der Waals surface area contributed by atoms with Crippen LogP contribution in [0.5, 0.6) is 0 Å². The molecule has 3 saturated carbocycles. The van der Waals surface area contributed by atoms with Gasteiger partial charge < -0.3 is 29.9 Å². The molecule has 5 fully saturated rings. The van der Waals surface area contributed by atoms with Gasteiger partial charge in [-0.2, -0.15) is 5.06 Å². The maximum absolute atomic E-state index is 14.6. The average molecular weight is 775 g/mol. The molecule has 3 amide bonds. The van der Waals surface area contributed by atoms with Gasteiger partial charge in [0, 0.05) is 70.7 Å². The van der Waals surface area contributed by atoms with Crippen LogP contribution in [0.3, 0.4) is 0 Å². The molecule has 2 bridgehead atoms. The molecule has 2 aromatic rings. The third kappa shape index (κ3) is 9.26. The number of anilines is 1. The van der Waals surface area contributed by atoms with E-state index in [1.54, 1.807) is 33.1 Å². The number of fused-ring (bicyclic) bond motifs is 2. The number of ether oxygens (including phenoxy) is 2. The van der Waals surface area contributed by atoms with E-state index in [0.717, 1.165) is 47.6 Å². The zero-order valence-electron chi connectivity index (χ0n) is 34.9. The van der Waals surface area contributed by atoms with Gasteiger partial charge in [-0.3, -0.25) is 14.4 Å². The van der Waals surface area contributed by atoms with Gasteiger partial charge in [0.15, 0.2) is 0 Å². The van der Waals surface area contributed by atoms with Crippen molar-refractivity contribution in [2.24, 2.45) is 34.2 Å².